The number of benzene rings is 1. The zero-order valence-electron chi connectivity index (χ0n) is 10.6. The summed E-state index contributed by atoms with van der Waals surface area (Å²) in [6.07, 6.45) is -5.25. The van der Waals surface area contributed by atoms with Crippen molar-refractivity contribution in [2.45, 2.75) is 31.6 Å². The molecule has 1 heterocycles. The molecular formula is C13H13F3N2O2. The molecule has 2 rings (SSSR count). The molecule has 1 fully saturated rings. The topological polar surface area (TPSA) is 49.4 Å². The molecule has 0 radical (unpaired) electrons. The van der Waals surface area contributed by atoms with Crippen molar-refractivity contribution in [3.63, 3.8) is 0 Å². The Morgan fingerprint density at radius 3 is 2.45 bits per heavy atom. The number of nitrogens with one attached hydrogen (secondary N) is 1. The van der Waals surface area contributed by atoms with Gasteiger partial charge in [0.15, 0.2) is 0 Å². The highest BCUT2D eigenvalue weighted by Gasteiger charge is 2.56. The lowest BCUT2D eigenvalue weighted by molar-refractivity contribution is -0.204. The molecule has 1 N–H and O–H groups in total. The Morgan fingerprint density at radius 2 is 1.95 bits per heavy atom. The molecule has 2 atom stereocenters. The summed E-state index contributed by atoms with van der Waals surface area (Å²) in [6, 6.07) is 5.27. The van der Waals surface area contributed by atoms with E-state index in [9.17, 15) is 22.8 Å². The minimum Gasteiger partial charge on any atom is -0.331 e. The number of urea groups is 1. The van der Waals surface area contributed by atoms with Crippen molar-refractivity contribution in [3.8, 4) is 0 Å². The summed E-state index contributed by atoms with van der Waals surface area (Å²) in [6.45, 7) is 1.64. The fourth-order valence-electron chi connectivity index (χ4n) is 2.01. The first kappa shape index (κ1) is 14.4. The van der Waals surface area contributed by atoms with Crippen LogP contribution in [0.4, 0.5) is 18.0 Å². The molecule has 1 aliphatic heterocycles. The molecule has 0 spiro atoms. The third kappa shape index (κ3) is 2.76. The second kappa shape index (κ2) is 5.15. The Balaban J connectivity index is 2.03. The highest BCUT2D eigenvalue weighted by atomic mass is 19.4. The molecule has 0 aromatic heterocycles. The van der Waals surface area contributed by atoms with Gasteiger partial charge in [0, 0.05) is 0 Å². The second-order valence-corrected chi connectivity index (χ2v) is 4.61. The quantitative estimate of drug-likeness (QED) is 0.850. The molecule has 20 heavy (non-hydrogen) atoms. The number of hydrogen-bond donors (Lipinski definition) is 1. The van der Waals surface area contributed by atoms with Gasteiger partial charge in [-0.3, -0.25) is 9.69 Å². The number of nitrogens with zero attached hydrogens (tertiary/aromatic N) is 1. The Hall–Kier alpha value is -2.05. The van der Waals surface area contributed by atoms with Crippen LogP contribution in [0.3, 0.4) is 0 Å². The van der Waals surface area contributed by atoms with Crippen LogP contribution in [0.2, 0.25) is 0 Å². The van der Waals surface area contributed by atoms with E-state index in [1.165, 1.54) is 0 Å². The minimum atomic E-state index is -4.58. The number of alkyl halides is 3. The number of β-lactam (4-membered cyclic amide) rings is 1. The predicted molar refractivity (Wildman–Crippen MR) is 64.7 cm³/mol. The standard InChI is InChI=1S/C13H13F3N2O2/c1-8(9-5-3-2-4-6-9)17-12(20)18-10(7-11(18)19)13(14,15)16/h2-6,8,10H,7H2,1H3,(H,17,20). The lowest BCUT2D eigenvalue weighted by Gasteiger charge is -2.39. The van der Waals surface area contributed by atoms with Gasteiger partial charge in [-0.2, -0.15) is 13.2 Å². The van der Waals surface area contributed by atoms with Gasteiger partial charge in [-0.15, -0.1) is 0 Å². The first-order valence-electron chi connectivity index (χ1n) is 6.05. The van der Waals surface area contributed by atoms with E-state index in [0.29, 0.717) is 0 Å². The van der Waals surface area contributed by atoms with E-state index in [0.717, 1.165) is 5.56 Å². The molecule has 1 saturated heterocycles. The first-order chi connectivity index (χ1) is 9.30. The molecule has 3 amide bonds. The van der Waals surface area contributed by atoms with Gasteiger partial charge in [0.1, 0.15) is 6.04 Å². The smallest absolute Gasteiger partial charge is 0.331 e. The van der Waals surface area contributed by atoms with Crippen molar-refractivity contribution in [3.05, 3.63) is 35.9 Å². The largest absolute Gasteiger partial charge is 0.409 e. The van der Waals surface area contributed by atoms with E-state index in [-0.39, 0.29) is 4.90 Å². The fourth-order valence-corrected chi connectivity index (χ4v) is 2.01. The monoisotopic (exact) mass is 286 g/mol. The number of halogens is 3. The van der Waals surface area contributed by atoms with E-state index < -0.39 is 36.6 Å². The molecule has 0 saturated carbocycles. The van der Waals surface area contributed by atoms with Crippen molar-refractivity contribution in [1.82, 2.24) is 10.2 Å². The van der Waals surface area contributed by atoms with Crippen LogP contribution in [-0.4, -0.2) is 29.1 Å². The van der Waals surface area contributed by atoms with E-state index in [4.69, 9.17) is 0 Å². The number of carbonyl (C=O) groups excluding carboxylic acids is 2. The summed E-state index contributed by atoms with van der Waals surface area (Å²) in [5, 5.41) is 2.40. The Bertz CT molecular complexity index is 516. The zero-order chi connectivity index (χ0) is 14.9. The van der Waals surface area contributed by atoms with Crippen molar-refractivity contribution >= 4 is 11.9 Å². The molecule has 7 heteroatoms. The van der Waals surface area contributed by atoms with Crippen molar-refractivity contribution in [1.29, 1.82) is 0 Å². The summed E-state index contributed by atoms with van der Waals surface area (Å²) < 4.78 is 37.7. The van der Waals surface area contributed by atoms with Gasteiger partial charge in [-0.25, -0.2) is 4.79 Å². The summed E-state index contributed by atoms with van der Waals surface area (Å²) in [5.41, 5.74) is 0.748. The first-order valence-corrected chi connectivity index (χ1v) is 6.05. The molecule has 1 aliphatic rings. The average Bonchev–Trinajstić information content (AvgIpc) is 2.35. The Labute approximate surface area is 113 Å². The van der Waals surface area contributed by atoms with Gasteiger partial charge in [-0.05, 0) is 12.5 Å². The number of likely N-dealkylation sites (tertiary alicyclic amines) is 1. The molecule has 108 valence electrons. The highest BCUT2D eigenvalue weighted by molar-refractivity contribution is 6.00. The van der Waals surface area contributed by atoms with Crippen molar-refractivity contribution in [2.24, 2.45) is 0 Å². The molecule has 1 aromatic rings. The fraction of sp³-hybridized carbons (Fsp3) is 0.385. The van der Waals surface area contributed by atoms with E-state index in [1.54, 1.807) is 37.3 Å². The summed E-state index contributed by atoms with van der Waals surface area (Å²) in [5.74, 6) is -0.815. The maximum atomic E-state index is 12.6. The SMILES string of the molecule is CC(NC(=O)N1C(=O)CC1C(F)(F)F)c1ccccc1. The van der Waals surface area contributed by atoms with Gasteiger partial charge < -0.3 is 5.32 Å². The molecule has 1 aromatic carbocycles. The summed E-state index contributed by atoms with van der Waals surface area (Å²) in [7, 11) is 0. The molecule has 4 nitrogen and oxygen atoms in total. The van der Waals surface area contributed by atoms with Crippen LogP contribution in [0.5, 0.6) is 0 Å². The number of carbonyl (C=O) groups is 2. The summed E-state index contributed by atoms with van der Waals surface area (Å²) in [4.78, 5) is 23.2. The van der Waals surface area contributed by atoms with E-state index in [1.807, 2.05) is 0 Å². The molecule has 0 bridgehead atoms. The summed E-state index contributed by atoms with van der Waals surface area (Å²) >= 11 is 0. The van der Waals surface area contributed by atoms with Crippen LogP contribution in [0.25, 0.3) is 0 Å². The maximum Gasteiger partial charge on any atom is 0.409 e. The van der Waals surface area contributed by atoms with Gasteiger partial charge in [-0.1, -0.05) is 30.3 Å². The molecule has 2 unspecified atom stereocenters. The van der Waals surface area contributed by atoms with Crippen molar-refractivity contribution in [2.75, 3.05) is 0 Å². The highest BCUT2D eigenvalue weighted by Crippen LogP contribution is 2.34. The predicted octanol–water partition coefficient (Wildman–Crippen LogP) is 2.62. The Morgan fingerprint density at radius 1 is 1.35 bits per heavy atom. The number of imide groups is 1. The zero-order valence-corrected chi connectivity index (χ0v) is 10.6. The van der Waals surface area contributed by atoms with Crippen LogP contribution in [0, 0.1) is 0 Å². The van der Waals surface area contributed by atoms with Crippen LogP contribution < -0.4 is 5.32 Å². The lowest BCUT2D eigenvalue weighted by atomic mass is 10.0. The van der Waals surface area contributed by atoms with Gasteiger partial charge in [0.25, 0.3) is 0 Å². The average molecular weight is 286 g/mol. The molecule has 0 aliphatic carbocycles. The third-order valence-corrected chi connectivity index (χ3v) is 3.18. The van der Waals surface area contributed by atoms with Crippen LogP contribution in [0.1, 0.15) is 24.9 Å². The van der Waals surface area contributed by atoms with Gasteiger partial charge in [0.05, 0.1) is 12.5 Å². The number of hydrogen-bond acceptors (Lipinski definition) is 2. The van der Waals surface area contributed by atoms with Gasteiger partial charge in [0.2, 0.25) is 5.91 Å². The normalized spacial score (nSPS) is 20.3. The number of rotatable bonds is 2. The second-order valence-electron chi connectivity index (χ2n) is 4.61. The van der Waals surface area contributed by atoms with E-state index in [2.05, 4.69) is 5.32 Å². The van der Waals surface area contributed by atoms with Crippen LogP contribution in [0.15, 0.2) is 30.3 Å². The minimum absolute atomic E-state index is 0.236. The Kier molecular flexibility index (Phi) is 3.69. The van der Waals surface area contributed by atoms with Crippen molar-refractivity contribution < 1.29 is 22.8 Å². The third-order valence-electron chi connectivity index (χ3n) is 3.18. The maximum absolute atomic E-state index is 12.6. The number of amides is 3. The van der Waals surface area contributed by atoms with Gasteiger partial charge >= 0.3 is 12.2 Å². The van der Waals surface area contributed by atoms with E-state index >= 15 is 0 Å². The lowest BCUT2D eigenvalue weighted by Crippen LogP contribution is -2.64. The van der Waals surface area contributed by atoms with Crippen LogP contribution in [-0.2, 0) is 4.79 Å². The van der Waals surface area contributed by atoms with Crippen LogP contribution >= 0.6 is 0 Å². The molecular weight excluding hydrogens is 273 g/mol.